The van der Waals surface area contributed by atoms with Gasteiger partial charge in [-0.25, -0.2) is 4.98 Å². The van der Waals surface area contributed by atoms with Crippen LogP contribution in [0.2, 0.25) is 0 Å². The van der Waals surface area contributed by atoms with E-state index in [0.29, 0.717) is 23.3 Å². The van der Waals surface area contributed by atoms with Crippen molar-refractivity contribution in [2.24, 2.45) is 11.8 Å². The Morgan fingerprint density at radius 1 is 1.33 bits per heavy atom. The van der Waals surface area contributed by atoms with Crippen LogP contribution >= 0.6 is 11.3 Å². The molecule has 0 aromatic carbocycles. The summed E-state index contributed by atoms with van der Waals surface area (Å²) >= 11 is 0.761. The van der Waals surface area contributed by atoms with Gasteiger partial charge in [-0.1, -0.05) is 0 Å². The van der Waals surface area contributed by atoms with Crippen LogP contribution in [0.1, 0.15) is 9.88 Å². The van der Waals surface area contributed by atoms with Crippen LogP contribution in [-0.2, 0) is 12.7 Å². The highest BCUT2D eigenvalue weighted by atomic mass is 32.1. The number of thiazole rings is 1. The fourth-order valence-electron chi connectivity index (χ4n) is 2.81. The third-order valence-corrected chi connectivity index (χ3v) is 4.67. The molecular formula is C11H14F3N3S. The van der Waals surface area contributed by atoms with Crippen molar-refractivity contribution in [1.82, 2.24) is 15.2 Å². The number of fused-ring (bicyclic) bond motifs is 1. The molecule has 1 aromatic rings. The van der Waals surface area contributed by atoms with Crippen LogP contribution in [0, 0.1) is 11.8 Å². The van der Waals surface area contributed by atoms with Gasteiger partial charge in [0.15, 0.2) is 5.01 Å². The zero-order chi connectivity index (χ0) is 12.8. The number of aromatic nitrogens is 1. The molecule has 0 radical (unpaired) electrons. The highest BCUT2D eigenvalue weighted by Gasteiger charge is 2.37. The molecule has 7 heteroatoms. The topological polar surface area (TPSA) is 28.2 Å². The van der Waals surface area contributed by atoms with Gasteiger partial charge in [0.2, 0.25) is 0 Å². The van der Waals surface area contributed by atoms with Gasteiger partial charge >= 0.3 is 6.18 Å². The monoisotopic (exact) mass is 277 g/mol. The highest BCUT2D eigenvalue weighted by molar-refractivity contribution is 7.11. The smallest absolute Gasteiger partial charge is 0.316 e. The molecule has 1 N–H and O–H groups in total. The molecule has 0 bridgehead atoms. The van der Waals surface area contributed by atoms with Gasteiger partial charge in [-0.2, -0.15) is 13.2 Å². The van der Waals surface area contributed by atoms with E-state index in [2.05, 4.69) is 15.2 Å². The van der Waals surface area contributed by atoms with Gasteiger partial charge < -0.3 is 5.32 Å². The Hall–Kier alpha value is -0.660. The van der Waals surface area contributed by atoms with Crippen molar-refractivity contribution in [2.45, 2.75) is 12.7 Å². The molecule has 2 fully saturated rings. The first-order valence-electron chi connectivity index (χ1n) is 5.97. The van der Waals surface area contributed by atoms with E-state index in [4.69, 9.17) is 0 Å². The van der Waals surface area contributed by atoms with E-state index in [0.717, 1.165) is 37.5 Å². The fraction of sp³-hybridized carbons (Fsp3) is 0.727. The van der Waals surface area contributed by atoms with E-state index < -0.39 is 11.2 Å². The van der Waals surface area contributed by atoms with Crippen molar-refractivity contribution < 1.29 is 13.2 Å². The maximum absolute atomic E-state index is 12.4. The Labute approximate surface area is 107 Å². The predicted octanol–water partition coefficient (Wildman–Crippen LogP) is 1.81. The quantitative estimate of drug-likeness (QED) is 0.893. The standard InChI is InChI=1S/C11H14F3N3S/c12-11(13,14)10-16-3-9(18-10)6-17-4-7-1-15-2-8(7)5-17/h3,7-8,15H,1-2,4-6H2/t7-,8+. The van der Waals surface area contributed by atoms with Crippen molar-refractivity contribution in [3.8, 4) is 0 Å². The molecule has 0 spiro atoms. The van der Waals surface area contributed by atoms with Gasteiger partial charge in [0, 0.05) is 30.7 Å². The van der Waals surface area contributed by atoms with Gasteiger partial charge in [-0.15, -0.1) is 11.3 Å². The molecule has 2 saturated heterocycles. The zero-order valence-corrected chi connectivity index (χ0v) is 10.5. The maximum Gasteiger partial charge on any atom is 0.443 e. The first-order chi connectivity index (χ1) is 8.52. The second-order valence-electron chi connectivity index (χ2n) is 5.00. The summed E-state index contributed by atoms with van der Waals surface area (Å²) in [7, 11) is 0. The first kappa shape index (κ1) is 12.4. The summed E-state index contributed by atoms with van der Waals surface area (Å²) in [5, 5.41) is 2.61. The molecular weight excluding hydrogens is 263 g/mol. The van der Waals surface area contributed by atoms with Crippen LogP contribution in [-0.4, -0.2) is 36.1 Å². The Bertz CT molecular complexity index is 419. The minimum atomic E-state index is -4.31. The molecule has 0 amide bonds. The van der Waals surface area contributed by atoms with Crippen LogP contribution < -0.4 is 5.32 Å². The minimum absolute atomic E-state index is 0.598. The largest absolute Gasteiger partial charge is 0.443 e. The van der Waals surface area contributed by atoms with E-state index in [1.54, 1.807) is 0 Å². The maximum atomic E-state index is 12.4. The molecule has 0 unspecified atom stereocenters. The normalized spacial score (nSPS) is 28.8. The molecule has 2 atom stereocenters. The van der Waals surface area contributed by atoms with Gasteiger partial charge in [-0.05, 0) is 24.9 Å². The molecule has 3 heterocycles. The number of alkyl halides is 3. The SMILES string of the molecule is FC(F)(F)c1ncc(CN2C[C@H]3CNC[C@H]3C2)s1. The van der Waals surface area contributed by atoms with Crippen molar-refractivity contribution in [3.63, 3.8) is 0 Å². The van der Waals surface area contributed by atoms with E-state index in [-0.39, 0.29) is 0 Å². The average Bonchev–Trinajstić information content (AvgIpc) is 2.90. The lowest BCUT2D eigenvalue weighted by Crippen LogP contribution is -2.25. The Kier molecular flexibility index (Phi) is 3.07. The summed E-state index contributed by atoms with van der Waals surface area (Å²) in [5.41, 5.74) is 0. The number of hydrogen-bond acceptors (Lipinski definition) is 4. The number of likely N-dealkylation sites (tertiary alicyclic amines) is 1. The van der Waals surface area contributed by atoms with Crippen LogP contribution in [0.5, 0.6) is 0 Å². The summed E-state index contributed by atoms with van der Waals surface area (Å²) in [6, 6.07) is 0. The van der Waals surface area contributed by atoms with Gasteiger partial charge in [-0.3, -0.25) is 4.90 Å². The van der Waals surface area contributed by atoms with E-state index in [1.807, 2.05) is 0 Å². The number of nitrogens with zero attached hydrogens (tertiary/aromatic N) is 2. The van der Waals surface area contributed by atoms with Crippen molar-refractivity contribution in [1.29, 1.82) is 0 Å². The zero-order valence-electron chi connectivity index (χ0n) is 9.70. The highest BCUT2D eigenvalue weighted by Crippen LogP contribution is 2.34. The second-order valence-corrected chi connectivity index (χ2v) is 6.12. The third kappa shape index (κ3) is 2.39. The summed E-state index contributed by atoms with van der Waals surface area (Å²) in [4.78, 5) is 6.40. The molecule has 1 aromatic heterocycles. The first-order valence-corrected chi connectivity index (χ1v) is 6.79. The van der Waals surface area contributed by atoms with Gasteiger partial charge in [0.1, 0.15) is 0 Å². The van der Waals surface area contributed by atoms with E-state index in [1.165, 1.54) is 6.20 Å². The minimum Gasteiger partial charge on any atom is -0.316 e. The Morgan fingerprint density at radius 2 is 2.00 bits per heavy atom. The number of nitrogens with one attached hydrogen (secondary N) is 1. The lowest BCUT2D eigenvalue weighted by molar-refractivity contribution is -0.137. The van der Waals surface area contributed by atoms with Crippen LogP contribution in [0.15, 0.2) is 6.20 Å². The molecule has 0 aliphatic carbocycles. The summed E-state index contributed by atoms with van der Waals surface area (Å²) in [5.74, 6) is 1.33. The van der Waals surface area contributed by atoms with Crippen LogP contribution in [0.4, 0.5) is 13.2 Å². The van der Waals surface area contributed by atoms with Gasteiger partial charge in [0.25, 0.3) is 0 Å². The lowest BCUT2D eigenvalue weighted by Gasteiger charge is -2.15. The molecule has 2 aliphatic heterocycles. The summed E-state index contributed by atoms with van der Waals surface area (Å²) < 4.78 is 37.3. The number of halogens is 3. The van der Waals surface area contributed by atoms with Crippen molar-refractivity contribution in [3.05, 3.63) is 16.1 Å². The van der Waals surface area contributed by atoms with Crippen LogP contribution in [0.25, 0.3) is 0 Å². The Balaban J connectivity index is 1.62. The average molecular weight is 277 g/mol. The van der Waals surface area contributed by atoms with Gasteiger partial charge in [0.05, 0.1) is 0 Å². The molecule has 3 nitrogen and oxygen atoms in total. The number of rotatable bonds is 2. The third-order valence-electron chi connectivity index (χ3n) is 3.64. The molecule has 100 valence electrons. The summed E-state index contributed by atoms with van der Waals surface area (Å²) in [6.45, 7) is 4.64. The summed E-state index contributed by atoms with van der Waals surface area (Å²) in [6.07, 6.45) is -2.95. The molecule has 3 rings (SSSR count). The lowest BCUT2D eigenvalue weighted by atomic mass is 10.0. The molecule has 18 heavy (non-hydrogen) atoms. The second kappa shape index (κ2) is 4.47. The van der Waals surface area contributed by atoms with Crippen LogP contribution in [0.3, 0.4) is 0 Å². The van der Waals surface area contributed by atoms with Crippen molar-refractivity contribution >= 4 is 11.3 Å². The Morgan fingerprint density at radius 3 is 2.56 bits per heavy atom. The fourth-order valence-corrected chi connectivity index (χ4v) is 3.64. The van der Waals surface area contributed by atoms with E-state index >= 15 is 0 Å². The molecule has 2 aliphatic rings. The predicted molar refractivity (Wildman–Crippen MR) is 62.2 cm³/mol. The van der Waals surface area contributed by atoms with Crippen molar-refractivity contribution in [2.75, 3.05) is 26.2 Å². The van der Waals surface area contributed by atoms with E-state index in [9.17, 15) is 13.2 Å². The number of hydrogen-bond donors (Lipinski definition) is 1. The molecule has 0 saturated carbocycles.